The molecule has 6 aromatic carbocycles. The number of hydrogen-bond donors (Lipinski definition) is 0. The molecule has 0 N–H and O–H groups in total. The maximum absolute atomic E-state index is 2.46. The second kappa shape index (κ2) is 9.10. The Kier molecular flexibility index (Phi) is 5.43. The van der Waals surface area contributed by atoms with Crippen molar-refractivity contribution in [1.82, 2.24) is 4.57 Å². The minimum atomic E-state index is -0.117. The normalized spacial score (nSPS) is 16.6. The van der Waals surface area contributed by atoms with Crippen LogP contribution in [0, 0.1) is 0 Å². The van der Waals surface area contributed by atoms with E-state index in [4.69, 9.17) is 0 Å². The number of nitrogens with zero attached hydrogens (tertiary/aromatic N) is 1. The maximum atomic E-state index is 2.46. The van der Waals surface area contributed by atoms with Gasteiger partial charge in [0, 0.05) is 21.9 Å². The average molecular weight is 594 g/mol. The second-order valence-electron chi connectivity index (χ2n) is 15.0. The lowest BCUT2D eigenvalue weighted by atomic mass is 9.53. The van der Waals surface area contributed by atoms with Gasteiger partial charge in [0.25, 0.3) is 0 Å². The van der Waals surface area contributed by atoms with E-state index in [0.29, 0.717) is 0 Å². The smallest absolute Gasteiger partial charge is 0.0541 e. The average Bonchev–Trinajstić information content (AvgIpc) is 3.52. The Balaban J connectivity index is 1.16. The van der Waals surface area contributed by atoms with Crippen molar-refractivity contribution in [3.63, 3.8) is 0 Å². The predicted molar refractivity (Wildman–Crippen MR) is 195 cm³/mol. The molecule has 0 aliphatic heterocycles. The van der Waals surface area contributed by atoms with Gasteiger partial charge in [0.05, 0.1) is 11.0 Å². The van der Waals surface area contributed by atoms with E-state index in [0.717, 1.165) is 0 Å². The molecular formula is C45H39N. The van der Waals surface area contributed by atoms with Crippen molar-refractivity contribution in [2.24, 2.45) is 0 Å². The van der Waals surface area contributed by atoms with E-state index >= 15 is 0 Å². The molecule has 0 amide bonds. The van der Waals surface area contributed by atoms with Crippen LogP contribution in [0.15, 0.2) is 127 Å². The van der Waals surface area contributed by atoms with Crippen molar-refractivity contribution in [3.05, 3.63) is 150 Å². The highest BCUT2D eigenvalue weighted by Gasteiger charge is 2.50. The molecule has 46 heavy (non-hydrogen) atoms. The first-order valence-corrected chi connectivity index (χ1v) is 16.6. The molecule has 0 bridgehead atoms. The number of hydrogen-bond acceptors (Lipinski definition) is 0. The SMILES string of the molecule is CC1(C)c2cc(-c3ccc(-n4c5ccccc5c5ccccc54)cc3)ccc2-c2ccc3c(c21)C(C)(C)C(C)(C)c1ccccc1-3. The number of rotatable bonds is 2. The fraction of sp³-hybridized carbons (Fsp3) is 0.200. The molecule has 0 saturated carbocycles. The number of para-hydroxylation sites is 2. The van der Waals surface area contributed by atoms with Gasteiger partial charge in [-0.2, -0.15) is 0 Å². The van der Waals surface area contributed by atoms with E-state index in [2.05, 4.69) is 174 Å². The second-order valence-corrected chi connectivity index (χ2v) is 15.0. The lowest BCUT2D eigenvalue weighted by Gasteiger charge is -2.50. The molecule has 7 aromatic rings. The van der Waals surface area contributed by atoms with E-state index in [9.17, 15) is 0 Å². The number of aromatic nitrogens is 1. The topological polar surface area (TPSA) is 4.93 Å². The predicted octanol–water partition coefficient (Wildman–Crippen LogP) is 12.0. The van der Waals surface area contributed by atoms with Crippen LogP contribution in [0.25, 0.3) is 60.9 Å². The molecule has 2 aliphatic carbocycles. The summed E-state index contributed by atoms with van der Waals surface area (Å²) in [5, 5.41) is 2.58. The van der Waals surface area contributed by atoms with Gasteiger partial charge >= 0.3 is 0 Å². The van der Waals surface area contributed by atoms with Crippen LogP contribution in [0.5, 0.6) is 0 Å². The Labute approximate surface area is 272 Å². The van der Waals surface area contributed by atoms with Gasteiger partial charge < -0.3 is 4.57 Å². The van der Waals surface area contributed by atoms with Gasteiger partial charge in [-0.1, -0.05) is 139 Å². The van der Waals surface area contributed by atoms with Crippen molar-refractivity contribution >= 4 is 21.8 Å². The third kappa shape index (κ3) is 3.41. The first-order valence-electron chi connectivity index (χ1n) is 16.6. The molecule has 1 heteroatoms. The zero-order chi connectivity index (χ0) is 31.6. The minimum Gasteiger partial charge on any atom is -0.309 e. The van der Waals surface area contributed by atoms with Crippen LogP contribution in [0.1, 0.15) is 63.8 Å². The number of benzene rings is 6. The van der Waals surface area contributed by atoms with Gasteiger partial charge in [0.15, 0.2) is 0 Å². The van der Waals surface area contributed by atoms with E-state index in [1.54, 1.807) is 0 Å². The summed E-state index contributed by atoms with van der Waals surface area (Å²) in [7, 11) is 0. The molecule has 0 saturated heterocycles. The van der Waals surface area contributed by atoms with Crippen LogP contribution in [0.4, 0.5) is 0 Å². The quantitative estimate of drug-likeness (QED) is 0.188. The third-order valence-corrected chi connectivity index (χ3v) is 11.9. The molecule has 224 valence electrons. The summed E-state index contributed by atoms with van der Waals surface area (Å²) in [5.41, 5.74) is 17.5. The van der Waals surface area contributed by atoms with Gasteiger partial charge in [0.2, 0.25) is 0 Å². The van der Waals surface area contributed by atoms with E-state index < -0.39 is 0 Å². The van der Waals surface area contributed by atoms with Crippen LogP contribution < -0.4 is 0 Å². The highest BCUT2D eigenvalue weighted by atomic mass is 15.0. The Hall–Kier alpha value is -4.88. The molecule has 0 unspecified atom stereocenters. The summed E-state index contributed by atoms with van der Waals surface area (Å²) in [4.78, 5) is 0. The van der Waals surface area contributed by atoms with Crippen LogP contribution in [0.2, 0.25) is 0 Å². The summed E-state index contributed by atoms with van der Waals surface area (Å²) in [6.45, 7) is 14.7. The van der Waals surface area contributed by atoms with Crippen LogP contribution in [-0.4, -0.2) is 4.57 Å². The molecule has 0 radical (unpaired) electrons. The van der Waals surface area contributed by atoms with Crippen molar-refractivity contribution in [2.75, 3.05) is 0 Å². The fourth-order valence-corrected chi connectivity index (χ4v) is 8.88. The zero-order valence-electron chi connectivity index (χ0n) is 27.6. The molecular weight excluding hydrogens is 555 g/mol. The monoisotopic (exact) mass is 593 g/mol. The summed E-state index contributed by atoms with van der Waals surface area (Å²) in [5.74, 6) is 0. The van der Waals surface area contributed by atoms with Crippen molar-refractivity contribution in [2.45, 2.75) is 57.8 Å². The van der Waals surface area contributed by atoms with Crippen LogP contribution >= 0.6 is 0 Å². The molecule has 1 heterocycles. The Morgan fingerprint density at radius 3 is 1.61 bits per heavy atom. The summed E-state index contributed by atoms with van der Waals surface area (Å²) >= 11 is 0. The zero-order valence-corrected chi connectivity index (χ0v) is 27.6. The van der Waals surface area contributed by atoms with Gasteiger partial charge in [0.1, 0.15) is 0 Å². The van der Waals surface area contributed by atoms with Gasteiger partial charge in [-0.25, -0.2) is 0 Å². The van der Waals surface area contributed by atoms with Crippen molar-refractivity contribution < 1.29 is 0 Å². The molecule has 0 fully saturated rings. The van der Waals surface area contributed by atoms with E-state index in [-0.39, 0.29) is 16.2 Å². The first-order chi connectivity index (χ1) is 22.1. The number of fused-ring (bicyclic) bond motifs is 10. The van der Waals surface area contributed by atoms with Crippen molar-refractivity contribution in [3.8, 4) is 39.1 Å². The molecule has 2 aliphatic rings. The van der Waals surface area contributed by atoms with Gasteiger partial charge in [-0.15, -0.1) is 0 Å². The highest BCUT2D eigenvalue weighted by molar-refractivity contribution is 6.09. The summed E-state index contributed by atoms with van der Waals surface area (Å²) in [6.07, 6.45) is 0. The highest BCUT2D eigenvalue weighted by Crippen LogP contribution is 2.61. The lowest BCUT2D eigenvalue weighted by molar-refractivity contribution is 0.295. The van der Waals surface area contributed by atoms with Crippen LogP contribution in [-0.2, 0) is 16.2 Å². The van der Waals surface area contributed by atoms with Crippen LogP contribution in [0.3, 0.4) is 0 Å². The molecule has 1 nitrogen and oxygen atoms in total. The van der Waals surface area contributed by atoms with Crippen molar-refractivity contribution in [1.29, 1.82) is 0 Å². The first kappa shape index (κ1) is 27.4. The molecule has 0 spiro atoms. The van der Waals surface area contributed by atoms with E-state index in [1.807, 2.05) is 0 Å². The molecule has 0 atom stereocenters. The summed E-state index contributed by atoms with van der Waals surface area (Å²) < 4.78 is 2.39. The Morgan fingerprint density at radius 2 is 0.935 bits per heavy atom. The largest absolute Gasteiger partial charge is 0.309 e. The van der Waals surface area contributed by atoms with Gasteiger partial charge in [-0.05, 0) is 96.8 Å². The molecule has 9 rings (SSSR count). The Bertz CT molecular complexity index is 2320. The van der Waals surface area contributed by atoms with E-state index in [1.165, 1.54) is 83.1 Å². The van der Waals surface area contributed by atoms with Gasteiger partial charge in [-0.3, -0.25) is 0 Å². The minimum absolute atomic E-state index is 0.000152. The third-order valence-electron chi connectivity index (χ3n) is 11.9. The summed E-state index contributed by atoms with van der Waals surface area (Å²) in [6, 6.07) is 47.6. The Morgan fingerprint density at radius 1 is 0.413 bits per heavy atom. The lowest BCUT2D eigenvalue weighted by Crippen LogP contribution is -2.45. The fourth-order valence-electron chi connectivity index (χ4n) is 8.88. The molecule has 1 aromatic heterocycles. The standard InChI is InChI=1S/C45H39N/c1-43(2)38-27-29(28-19-22-30(23-20-28)46-39-17-11-8-14-33(39)34-15-9-12-18-40(34)46)21-24-32(38)35-25-26-36-31-13-7-10-16-37(31)44(3,4)45(5,6)42(36)41(35)43/h7-27H,1-6H3. The maximum Gasteiger partial charge on any atom is 0.0541 e.